The Morgan fingerprint density at radius 1 is 1.39 bits per heavy atom. The van der Waals surface area contributed by atoms with E-state index in [0.29, 0.717) is 30.0 Å². The van der Waals surface area contributed by atoms with Gasteiger partial charge in [0.1, 0.15) is 0 Å². The highest BCUT2D eigenvalue weighted by atomic mass is 19.1. The molecule has 1 aliphatic carbocycles. The third kappa shape index (κ3) is 2.66. The van der Waals surface area contributed by atoms with Crippen molar-refractivity contribution >= 4 is 0 Å². The summed E-state index contributed by atoms with van der Waals surface area (Å²) < 4.78 is 18.7. The van der Waals surface area contributed by atoms with E-state index >= 15 is 0 Å². The summed E-state index contributed by atoms with van der Waals surface area (Å²) in [6.45, 7) is 2.95. The molecule has 0 spiro atoms. The Hall–Kier alpha value is -1.09. The zero-order valence-electron chi connectivity index (χ0n) is 11.2. The molecule has 0 radical (unpaired) electrons. The maximum Gasteiger partial charge on any atom is 0.165 e. The van der Waals surface area contributed by atoms with Crippen LogP contribution in [0.25, 0.3) is 0 Å². The van der Waals surface area contributed by atoms with Crippen molar-refractivity contribution < 1.29 is 9.13 Å². The van der Waals surface area contributed by atoms with Crippen molar-refractivity contribution in [3.05, 3.63) is 29.6 Å². The van der Waals surface area contributed by atoms with Gasteiger partial charge in [-0.3, -0.25) is 0 Å². The molecule has 0 amide bonds. The van der Waals surface area contributed by atoms with E-state index in [1.54, 1.807) is 12.1 Å². The van der Waals surface area contributed by atoms with Crippen LogP contribution in [0.4, 0.5) is 4.39 Å². The molecule has 2 N–H and O–H groups in total. The Morgan fingerprint density at radius 3 is 2.78 bits per heavy atom. The van der Waals surface area contributed by atoms with E-state index in [9.17, 15) is 4.39 Å². The molecule has 18 heavy (non-hydrogen) atoms. The molecule has 0 saturated heterocycles. The van der Waals surface area contributed by atoms with Crippen molar-refractivity contribution in [2.45, 2.75) is 32.1 Å². The maximum absolute atomic E-state index is 13.8. The normalized spacial score (nSPS) is 28.1. The summed E-state index contributed by atoms with van der Waals surface area (Å²) >= 11 is 0. The largest absolute Gasteiger partial charge is 0.494 e. The quantitative estimate of drug-likeness (QED) is 0.894. The Bertz CT molecular complexity index is 407. The highest BCUT2D eigenvalue weighted by Crippen LogP contribution is 2.40. The second-order valence-electron chi connectivity index (χ2n) is 5.41. The summed E-state index contributed by atoms with van der Waals surface area (Å²) in [4.78, 5) is 0. The SMILES string of the molecule is COc1ccc(C2CC(C)CCC2CN)cc1F. The van der Waals surface area contributed by atoms with Crippen molar-refractivity contribution in [3.63, 3.8) is 0 Å². The van der Waals surface area contributed by atoms with Gasteiger partial charge in [0.2, 0.25) is 0 Å². The highest BCUT2D eigenvalue weighted by Gasteiger charge is 2.29. The third-order valence-electron chi connectivity index (χ3n) is 4.16. The molecule has 1 aliphatic rings. The molecule has 2 nitrogen and oxygen atoms in total. The van der Waals surface area contributed by atoms with Crippen LogP contribution in [-0.4, -0.2) is 13.7 Å². The van der Waals surface area contributed by atoms with Gasteiger partial charge in [-0.15, -0.1) is 0 Å². The molecular formula is C15H22FNO. The van der Waals surface area contributed by atoms with Gasteiger partial charge in [-0.2, -0.15) is 0 Å². The Balaban J connectivity index is 2.25. The van der Waals surface area contributed by atoms with Crippen LogP contribution in [0.15, 0.2) is 18.2 Å². The summed E-state index contributed by atoms with van der Waals surface area (Å²) in [5, 5.41) is 0. The fraction of sp³-hybridized carbons (Fsp3) is 0.600. The van der Waals surface area contributed by atoms with Crippen LogP contribution in [0.5, 0.6) is 5.75 Å². The smallest absolute Gasteiger partial charge is 0.165 e. The van der Waals surface area contributed by atoms with Crippen LogP contribution in [-0.2, 0) is 0 Å². The van der Waals surface area contributed by atoms with E-state index in [1.165, 1.54) is 13.5 Å². The van der Waals surface area contributed by atoms with E-state index < -0.39 is 0 Å². The highest BCUT2D eigenvalue weighted by molar-refractivity contribution is 5.32. The first-order chi connectivity index (χ1) is 8.65. The predicted molar refractivity (Wildman–Crippen MR) is 71.3 cm³/mol. The van der Waals surface area contributed by atoms with Gasteiger partial charge in [-0.1, -0.05) is 19.4 Å². The van der Waals surface area contributed by atoms with Crippen LogP contribution < -0.4 is 10.5 Å². The van der Waals surface area contributed by atoms with Crippen molar-refractivity contribution in [3.8, 4) is 5.75 Å². The van der Waals surface area contributed by atoms with Crippen LogP contribution in [0.3, 0.4) is 0 Å². The van der Waals surface area contributed by atoms with Crippen molar-refractivity contribution in [1.29, 1.82) is 0 Å². The molecule has 0 heterocycles. The average molecular weight is 251 g/mol. The summed E-state index contributed by atoms with van der Waals surface area (Å²) in [7, 11) is 1.49. The lowest BCUT2D eigenvalue weighted by atomic mass is 9.71. The van der Waals surface area contributed by atoms with Gasteiger partial charge in [-0.05, 0) is 54.8 Å². The summed E-state index contributed by atoms with van der Waals surface area (Å²) in [5.41, 5.74) is 6.92. The van der Waals surface area contributed by atoms with Crippen LogP contribution in [0.1, 0.15) is 37.7 Å². The molecule has 3 heteroatoms. The molecule has 100 valence electrons. The number of ether oxygens (including phenoxy) is 1. The van der Waals surface area contributed by atoms with Crippen molar-refractivity contribution in [1.82, 2.24) is 0 Å². The number of rotatable bonds is 3. The summed E-state index contributed by atoms with van der Waals surface area (Å²) in [6, 6.07) is 5.31. The number of benzene rings is 1. The van der Waals surface area contributed by atoms with Gasteiger partial charge in [0.15, 0.2) is 11.6 Å². The van der Waals surface area contributed by atoms with Crippen molar-refractivity contribution in [2.75, 3.05) is 13.7 Å². The Labute approximate surface area is 108 Å². The average Bonchev–Trinajstić information content (AvgIpc) is 2.38. The lowest BCUT2D eigenvalue weighted by molar-refractivity contribution is 0.253. The van der Waals surface area contributed by atoms with Gasteiger partial charge in [0, 0.05) is 0 Å². The molecule has 0 bridgehead atoms. The number of hydrogen-bond donors (Lipinski definition) is 1. The fourth-order valence-corrected chi connectivity index (χ4v) is 3.05. The number of methoxy groups -OCH3 is 1. The Morgan fingerprint density at radius 2 is 2.17 bits per heavy atom. The van der Waals surface area contributed by atoms with E-state index in [4.69, 9.17) is 10.5 Å². The fourth-order valence-electron chi connectivity index (χ4n) is 3.05. The van der Waals surface area contributed by atoms with E-state index in [1.807, 2.05) is 6.07 Å². The molecule has 1 fully saturated rings. The first-order valence-electron chi connectivity index (χ1n) is 6.69. The summed E-state index contributed by atoms with van der Waals surface area (Å²) in [6.07, 6.45) is 3.49. The minimum atomic E-state index is -0.274. The standard InChI is InChI=1S/C15H22FNO/c1-10-3-4-12(9-17)13(7-10)11-5-6-15(18-2)14(16)8-11/h5-6,8,10,12-13H,3-4,7,9,17H2,1-2H3. The Kier molecular flexibility index (Phi) is 4.23. The number of halogens is 1. The van der Waals surface area contributed by atoms with E-state index in [2.05, 4.69) is 6.92 Å². The lowest BCUT2D eigenvalue weighted by Crippen LogP contribution is -2.28. The lowest BCUT2D eigenvalue weighted by Gasteiger charge is -2.34. The number of hydrogen-bond acceptors (Lipinski definition) is 2. The molecule has 0 aliphatic heterocycles. The maximum atomic E-state index is 13.8. The van der Waals surface area contributed by atoms with Crippen LogP contribution >= 0.6 is 0 Å². The molecule has 1 aromatic carbocycles. The van der Waals surface area contributed by atoms with Gasteiger partial charge < -0.3 is 10.5 Å². The zero-order chi connectivity index (χ0) is 13.1. The van der Waals surface area contributed by atoms with Gasteiger partial charge in [-0.25, -0.2) is 4.39 Å². The first kappa shape index (κ1) is 13.3. The minimum Gasteiger partial charge on any atom is -0.494 e. The second kappa shape index (κ2) is 5.70. The molecule has 1 aromatic rings. The van der Waals surface area contributed by atoms with E-state index in [0.717, 1.165) is 18.4 Å². The number of nitrogens with two attached hydrogens (primary N) is 1. The monoisotopic (exact) mass is 251 g/mol. The molecule has 3 unspecified atom stereocenters. The van der Waals surface area contributed by atoms with E-state index in [-0.39, 0.29) is 5.82 Å². The first-order valence-corrected chi connectivity index (χ1v) is 6.69. The zero-order valence-corrected chi connectivity index (χ0v) is 11.2. The molecule has 2 rings (SSSR count). The molecule has 3 atom stereocenters. The van der Waals surface area contributed by atoms with Crippen LogP contribution in [0, 0.1) is 17.7 Å². The van der Waals surface area contributed by atoms with Crippen LogP contribution in [0.2, 0.25) is 0 Å². The third-order valence-corrected chi connectivity index (χ3v) is 4.16. The van der Waals surface area contributed by atoms with Gasteiger partial charge in [0.25, 0.3) is 0 Å². The second-order valence-corrected chi connectivity index (χ2v) is 5.41. The minimum absolute atomic E-state index is 0.274. The predicted octanol–water partition coefficient (Wildman–Crippen LogP) is 3.31. The molecule has 1 saturated carbocycles. The molecule has 0 aromatic heterocycles. The molecular weight excluding hydrogens is 229 g/mol. The van der Waals surface area contributed by atoms with Gasteiger partial charge in [0.05, 0.1) is 7.11 Å². The topological polar surface area (TPSA) is 35.2 Å². The van der Waals surface area contributed by atoms with Crippen molar-refractivity contribution in [2.24, 2.45) is 17.6 Å². The van der Waals surface area contributed by atoms with Gasteiger partial charge >= 0.3 is 0 Å². The summed E-state index contributed by atoms with van der Waals surface area (Å²) in [5.74, 6) is 1.60.